The molecule has 0 aliphatic heterocycles. The minimum Gasteiger partial charge on any atom is -0.496 e. The molecule has 0 fully saturated rings. The Morgan fingerprint density at radius 3 is 2.25 bits per heavy atom. The molecule has 0 aliphatic rings. The lowest BCUT2D eigenvalue weighted by atomic mass is 10.0. The molecule has 1 amide bonds. The van der Waals surface area contributed by atoms with E-state index >= 15 is 0 Å². The summed E-state index contributed by atoms with van der Waals surface area (Å²) in [4.78, 5) is 24.0. The van der Waals surface area contributed by atoms with E-state index in [0.717, 1.165) is 7.05 Å². The number of aryl methyl sites for hydroxylation is 3. The number of aromatic amines is 1. The second kappa shape index (κ2) is 6.06. The number of hydrogen-bond acceptors (Lipinski definition) is 3. The highest BCUT2D eigenvalue weighted by molar-refractivity contribution is 6.05. The molecule has 2 N–H and O–H groups in total. The third-order valence-corrected chi connectivity index (χ3v) is 3.50. The van der Waals surface area contributed by atoms with E-state index < -0.39 is 29.0 Å². The van der Waals surface area contributed by atoms with Crippen LogP contribution in [0.1, 0.15) is 27.2 Å². The fourth-order valence-corrected chi connectivity index (χ4v) is 2.58. The summed E-state index contributed by atoms with van der Waals surface area (Å²) in [5.74, 6) is -0.230. The summed E-state index contributed by atoms with van der Waals surface area (Å²) in [5, 5.41) is 4.04. The van der Waals surface area contributed by atoms with Gasteiger partial charge in [0.2, 0.25) is 0 Å². The fraction of sp³-hybridized carbons (Fsp3) is 0.333. The van der Waals surface area contributed by atoms with Gasteiger partial charge in [0.25, 0.3) is 11.5 Å². The molecule has 24 heavy (non-hydrogen) atoms. The monoisotopic (exact) mass is 343 g/mol. The molecule has 6 nitrogen and oxygen atoms in total. The summed E-state index contributed by atoms with van der Waals surface area (Å²) in [7, 11) is 2.52. The normalized spacial score (nSPS) is 11.5. The molecule has 0 radical (unpaired) electrons. The van der Waals surface area contributed by atoms with E-state index in [-0.39, 0.29) is 5.56 Å². The highest BCUT2D eigenvalue weighted by Crippen LogP contribution is 2.33. The number of nitrogens with zero attached hydrogens (tertiary/aromatic N) is 1. The standard InChI is InChI=1S/C15H16F3N3O3/c1-7-5-9(6-8(2)11(7)24-4)13(22)19-10-12(15(16,17)18)21(3)20-14(10)23/h5-6H,1-4H3,(H,19,22)(H,20,23). The van der Waals surface area contributed by atoms with Crippen molar-refractivity contribution < 1.29 is 22.7 Å². The minimum atomic E-state index is -4.79. The fourth-order valence-electron chi connectivity index (χ4n) is 2.58. The molecule has 0 unspecified atom stereocenters. The van der Waals surface area contributed by atoms with Crippen LogP contribution >= 0.6 is 0 Å². The van der Waals surface area contributed by atoms with E-state index in [4.69, 9.17) is 4.74 Å². The Balaban J connectivity index is 2.44. The molecule has 0 saturated carbocycles. The van der Waals surface area contributed by atoms with E-state index in [9.17, 15) is 22.8 Å². The highest BCUT2D eigenvalue weighted by atomic mass is 19.4. The maximum atomic E-state index is 13.1. The molecular weight excluding hydrogens is 327 g/mol. The molecule has 1 aromatic carbocycles. The van der Waals surface area contributed by atoms with Crippen LogP contribution in [0.25, 0.3) is 0 Å². The van der Waals surface area contributed by atoms with Crippen molar-refractivity contribution in [1.82, 2.24) is 9.78 Å². The largest absolute Gasteiger partial charge is 0.496 e. The van der Waals surface area contributed by atoms with Crippen molar-refractivity contribution >= 4 is 11.6 Å². The number of aromatic nitrogens is 2. The van der Waals surface area contributed by atoms with Crippen LogP contribution in [0.15, 0.2) is 16.9 Å². The smallest absolute Gasteiger partial charge is 0.435 e. The lowest BCUT2D eigenvalue weighted by Gasteiger charge is -2.12. The molecule has 0 atom stereocenters. The molecule has 0 aliphatic carbocycles. The summed E-state index contributed by atoms with van der Waals surface area (Å²) in [6.45, 7) is 3.41. The third kappa shape index (κ3) is 3.15. The van der Waals surface area contributed by atoms with Crippen molar-refractivity contribution in [1.29, 1.82) is 0 Å². The predicted octanol–water partition coefficient (Wildman–Crippen LogP) is 2.61. The molecule has 130 valence electrons. The first-order valence-corrected chi connectivity index (χ1v) is 6.89. The van der Waals surface area contributed by atoms with Gasteiger partial charge in [-0.25, -0.2) is 0 Å². The maximum Gasteiger partial charge on any atom is 0.435 e. The molecule has 1 heterocycles. The highest BCUT2D eigenvalue weighted by Gasteiger charge is 2.39. The minimum absolute atomic E-state index is 0.127. The van der Waals surface area contributed by atoms with Crippen LogP contribution in [0, 0.1) is 13.8 Å². The summed E-state index contributed by atoms with van der Waals surface area (Å²) >= 11 is 0. The van der Waals surface area contributed by atoms with Gasteiger partial charge in [-0.2, -0.15) is 13.2 Å². The van der Waals surface area contributed by atoms with Gasteiger partial charge >= 0.3 is 6.18 Å². The molecule has 1 aromatic heterocycles. The van der Waals surface area contributed by atoms with Crippen molar-refractivity contribution in [2.45, 2.75) is 20.0 Å². The maximum absolute atomic E-state index is 13.1. The van der Waals surface area contributed by atoms with Crippen molar-refractivity contribution in [2.75, 3.05) is 12.4 Å². The molecule has 2 rings (SSSR count). The number of carbonyl (C=O) groups excluding carboxylic acids is 1. The van der Waals surface area contributed by atoms with Crippen LogP contribution in [0.3, 0.4) is 0 Å². The van der Waals surface area contributed by atoms with Crippen molar-refractivity contribution in [2.24, 2.45) is 7.05 Å². The van der Waals surface area contributed by atoms with Crippen LogP contribution in [0.2, 0.25) is 0 Å². The van der Waals surface area contributed by atoms with Gasteiger partial charge in [0, 0.05) is 12.6 Å². The number of hydrogen-bond donors (Lipinski definition) is 2. The number of amides is 1. The molecule has 9 heteroatoms. The Kier molecular flexibility index (Phi) is 4.46. The SMILES string of the molecule is COc1c(C)cc(C(=O)Nc2c(C(F)(F)F)n(C)[nH]c2=O)cc1C. The quantitative estimate of drug-likeness (QED) is 0.899. The van der Waals surface area contributed by atoms with Gasteiger partial charge in [0.05, 0.1) is 7.11 Å². The first-order chi connectivity index (χ1) is 11.1. The summed E-state index contributed by atoms with van der Waals surface area (Å²) in [5.41, 5.74) is -1.67. The van der Waals surface area contributed by atoms with Gasteiger partial charge in [-0.1, -0.05) is 0 Å². The first kappa shape index (κ1) is 17.6. The van der Waals surface area contributed by atoms with Gasteiger partial charge in [-0.05, 0) is 37.1 Å². The zero-order chi connectivity index (χ0) is 18.2. The van der Waals surface area contributed by atoms with Crippen LogP contribution in [-0.4, -0.2) is 22.8 Å². The molecule has 0 saturated heterocycles. The Morgan fingerprint density at radius 2 is 1.79 bits per heavy atom. The van der Waals surface area contributed by atoms with Gasteiger partial charge in [-0.3, -0.25) is 19.4 Å². The Labute approximate surface area is 135 Å². The van der Waals surface area contributed by atoms with Gasteiger partial charge in [0.1, 0.15) is 11.4 Å². The van der Waals surface area contributed by atoms with E-state index in [0.29, 0.717) is 21.6 Å². The van der Waals surface area contributed by atoms with Crippen LogP contribution in [-0.2, 0) is 13.2 Å². The number of carbonyl (C=O) groups is 1. The van der Waals surface area contributed by atoms with Crippen LogP contribution in [0.5, 0.6) is 5.75 Å². The third-order valence-electron chi connectivity index (χ3n) is 3.50. The number of methoxy groups -OCH3 is 1. The average molecular weight is 343 g/mol. The summed E-state index contributed by atoms with van der Waals surface area (Å²) in [6.07, 6.45) is -4.79. The number of halogens is 3. The molecule has 2 aromatic rings. The molecule has 0 bridgehead atoms. The van der Waals surface area contributed by atoms with E-state index in [1.165, 1.54) is 19.2 Å². The van der Waals surface area contributed by atoms with E-state index in [1.54, 1.807) is 13.8 Å². The second-order valence-corrected chi connectivity index (χ2v) is 5.32. The van der Waals surface area contributed by atoms with Gasteiger partial charge in [-0.15, -0.1) is 0 Å². The summed E-state index contributed by atoms with van der Waals surface area (Å²) < 4.78 is 44.9. The molecular formula is C15H16F3N3O3. The Hall–Kier alpha value is -2.71. The number of anilines is 1. The predicted molar refractivity (Wildman–Crippen MR) is 81.5 cm³/mol. The zero-order valence-corrected chi connectivity index (χ0v) is 13.5. The first-order valence-electron chi connectivity index (χ1n) is 6.89. The molecule has 0 spiro atoms. The topological polar surface area (TPSA) is 76.1 Å². The van der Waals surface area contributed by atoms with Gasteiger partial charge in [0.15, 0.2) is 5.69 Å². The second-order valence-electron chi connectivity index (χ2n) is 5.32. The van der Waals surface area contributed by atoms with Crippen molar-refractivity contribution in [3.05, 3.63) is 44.9 Å². The number of ether oxygens (including phenoxy) is 1. The number of benzene rings is 1. The number of H-pyrrole nitrogens is 1. The number of alkyl halides is 3. The van der Waals surface area contributed by atoms with E-state index in [1.807, 2.05) is 5.10 Å². The lowest BCUT2D eigenvalue weighted by Crippen LogP contribution is -2.21. The van der Waals surface area contributed by atoms with E-state index in [2.05, 4.69) is 5.32 Å². The number of rotatable bonds is 3. The van der Waals surface area contributed by atoms with Crippen molar-refractivity contribution in [3.8, 4) is 5.75 Å². The van der Waals surface area contributed by atoms with Crippen LogP contribution in [0.4, 0.5) is 18.9 Å². The Bertz CT molecular complexity index is 827. The van der Waals surface area contributed by atoms with Gasteiger partial charge < -0.3 is 10.1 Å². The lowest BCUT2D eigenvalue weighted by molar-refractivity contribution is -0.143. The van der Waals surface area contributed by atoms with Crippen molar-refractivity contribution in [3.63, 3.8) is 0 Å². The zero-order valence-electron chi connectivity index (χ0n) is 13.5. The Morgan fingerprint density at radius 1 is 1.25 bits per heavy atom. The van der Waals surface area contributed by atoms with Crippen LogP contribution < -0.4 is 15.6 Å². The average Bonchev–Trinajstić information content (AvgIpc) is 2.72. The summed E-state index contributed by atoms with van der Waals surface area (Å²) in [6, 6.07) is 2.96. The number of nitrogens with one attached hydrogen (secondary N) is 2.